The second-order valence-corrected chi connectivity index (χ2v) is 9.33. The summed E-state index contributed by atoms with van der Waals surface area (Å²) in [5.41, 5.74) is 0.646. The summed E-state index contributed by atoms with van der Waals surface area (Å²) in [5, 5.41) is 2.99. The van der Waals surface area contributed by atoms with Crippen molar-refractivity contribution in [3.05, 3.63) is 47.9 Å². The zero-order valence-electron chi connectivity index (χ0n) is 20.8. The highest BCUT2D eigenvalue weighted by molar-refractivity contribution is 5.95. The van der Waals surface area contributed by atoms with Crippen LogP contribution in [-0.2, 0) is 4.74 Å². The molecule has 2 amide bonds. The molecule has 2 aromatic heterocycles. The molecule has 3 heterocycles. The number of carbonyl (C=O) groups excluding carboxylic acids is 2. The lowest BCUT2D eigenvalue weighted by Gasteiger charge is -2.21. The number of anilines is 2. The van der Waals surface area contributed by atoms with Gasteiger partial charge in [-0.1, -0.05) is 0 Å². The Hall–Kier alpha value is -3.76. The molecule has 0 bridgehead atoms. The van der Waals surface area contributed by atoms with Crippen LogP contribution in [0.5, 0.6) is 0 Å². The molecule has 0 radical (unpaired) electrons. The van der Waals surface area contributed by atoms with E-state index in [0.29, 0.717) is 25.2 Å². The van der Waals surface area contributed by atoms with Gasteiger partial charge in [-0.15, -0.1) is 0 Å². The van der Waals surface area contributed by atoms with E-state index in [1.165, 1.54) is 29.6 Å². The minimum Gasteiger partial charge on any atom is -0.447 e. The Morgan fingerprint density at radius 1 is 1.14 bits per heavy atom. The molecule has 11 heteroatoms. The quantitative estimate of drug-likeness (QED) is 0.545. The lowest BCUT2D eigenvalue weighted by atomic mass is 10.1. The Bertz CT molecular complexity index is 1280. The van der Waals surface area contributed by atoms with Crippen molar-refractivity contribution in [1.82, 2.24) is 24.3 Å². The predicted octanol–water partition coefficient (Wildman–Crippen LogP) is 4.73. The molecule has 0 aliphatic carbocycles. The van der Waals surface area contributed by atoms with Gasteiger partial charge in [-0.25, -0.2) is 23.5 Å². The van der Waals surface area contributed by atoms with E-state index < -0.39 is 11.6 Å². The molecule has 1 N–H and O–H groups in total. The van der Waals surface area contributed by atoms with E-state index in [1.807, 2.05) is 13.8 Å². The topological polar surface area (TPSA) is 92.6 Å². The van der Waals surface area contributed by atoms with Crippen LogP contribution in [0.4, 0.5) is 25.1 Å². The number of rotatable bonds is 5. The normalized spacial score (nSPS) is 16.2. The van der Waals surface area contributed by atoms with E-state index in [9.17, 15) is 14.0 Å². The Labute approximate surface area is 208 Å². The third-order valence-electron chi connectivity index (χ3n) is 6.12. The fourth-order valence-electron chi connectivity index (χ4n) is 4.36. The van der Waals surface area contributed by atoms with Crippen molar-refractivity contribution < 1.29 is 23.1 Å². The van der Waals surface area contributed by atoms with E-state index in [4.69, 9.17) is 4.74 Å². The van der Waals surface area contributed by atoms with Gasteiger partial charge in [-0.2, -0.15) is 0 Å². The Morgan fingerprint density at radius 2 is 1.92 bits per heavy atom. The summed E-state index contributed by atoms with van der Waals surface area (Å²) in [4.78, 5) is 35.9. The van der Waals surface area contributed by atoms with Crippen LogP contribution in [-0.4, -0.2) is 69.6 Å². The van der Waals surface area contributed by atoms with Crippen molar-refractivity contribution in [2.45, 2.75) is 45.3 Å². The maximum absolute atomic E-state index is 15.2. The number of hydrogen-bond donors (Lipinski definition) is 1. The van der Waals surface area contributed by atoms with Gasteiger partial charge in [0.15, 0.2) is 5.82 Å². The van der Waals surface area contributed by atoms with Gasteiger partial charge in [-0.05, 0) is 51.3 Å². The highest BCUT2D eigenvalue weighted by Gasteiger charge is 2.26. The zero-order chi connectivity index (χ0) is 26.0. The average Bonchev–Trinajstić information content (AvgIpc) is 3.00. The summed E-state index contributed by atoms with van der Waals surface area (Å²) in [5.74, 6) is -1.40. The van der Waals surface area contributed by atoms with Gasteiger partial charge >= 0.3 is 6.09 Å². The van der Waals surface area contributed by atoms with Crippen molar-refractivity contribution in [3.8, 4) is 0 Å². The average molecular weight is 501 g/mol. The van der Waals surface area contributed by atoms with Crippen molar-refractivity contribution >= 4 is 34.5 Å². The third-order valence-corrected chi connectivity index (χ3v) is 6.12. The van der Waals surface area contributed by atoms with Crippen molar-refractivity contribution in [3.63, 3.8) is 0 Å². The van der Waals surface area contributed by atoms with E-state index in [-0.39, 0.29) is 46.6 Å². The number of fused-ring (bicyclic) bond motifs is 1. The van der Waals surface area contributed by atoms with E-state index in [0.717, 1.165) is 18.9 Å². The number of carbonyl (C=O) groups is 2. The van der Waals surface area contributed by atoms with Crippen LogP contribution in [0.15, 0.2) is 30.7 Å². The molecule has 1 aliphatic heterocycles. The number of amides is 2. The lowest BCUT2D eigenvalue weighted by molar-refractivity contribution is 0.0775. The number of benzene rings is 1. The second-order valence-electron chi connectivity index (χ2n) is 9.33. The number of hydrogen-bond acceptors (Lipinski definition) is 6. The molecular weight excluding hydrogens is 470 g/mol. The van der Waals surface area contributed by atoms with Crippen LogP contribution < -0.4 is 5.32 Å². The van der Waals surface area contributed by atoms with Gasteiger partial charge in [0.25, 0.3) is 5.91 Å². The minimum atomic E-state index is -0.661. The first kappa shape index (κ1) is 25.3. The molecule has 4 rings (SSSR count). The number of nitrogens with one attached hydrogen (secondary N) is 1. The summed E-state index contributed by atoms with van der Waals surface area (Å²) in [6.45, 7) is 4.67. The molecule has 1 fully saturated rings. The van der Waals surface area contributed by atoms with Crippen LogP contribution in [0, 0.1) is 11.6 Å². The lowest BCUT2D eigenvalue weighted by Crippen LogP contribution is -2.34. The molecule has 192 valence electrons. The predicted molar refractivity (Wildman–Crippen MR) is 131 cm³/mol. The fourth-order valence-corrected chi connectivity index (χ4v) is 4.36. The number of likely N-dealkylation sites (tertiary alicyclic amines) is 1. The summed E-state index contributed by atoms with van der Waals surface area (Å²) >= 11 is 0. The van der Waals surface area contributed by atoms with Gasteiger partial charge in [0.05, 0.1) is 17.2 Å². The largest absolute Gasteiger partial charge is 0.447 e. The van der Waals surface area contributed by atoms with Crippen LogP contribution in [0.3, 0.4) is 0 Å². The second kappa shape index (κ2) is 10.5. The molecule has 3 aromatic rings. The van der Waals surface area contributed by atoms with Crippen LogP contribution in [0.1, 0.15) is 49.5 Å². The summed E-state index contributed by atoms with van der Waals surface area (Å²) in [6, 6.07) is 3.97. The number of halogens is 2. The molecule has 1 aliphatic rings. The number of aromatic nitrogens is 3. The van der Waals surface area contributed by atoms with E-state index >= 15 is 4.39 Å². The molecule has 0 spiro atoms. The van der Waals surface area contributed by atoms with Crippen molar-refractivity contribution in [2.75, 3.05) is 32.5 Å². The first-order valence-corrected chi connectivity index (χ1v) is 11.9. The van der Waals surface area contributed by atoms with Crippen LogP contribution >= 0.6 is 0 Å². The van der Waals surface area contributed by atoms with Gasteiger partial charge in [0, 0.05) is 45.0 Å². The molecule has 36 heavy (non-hydrogen) atoms. The first-order chi connectivity index (χ1) is 17.2. The van der Waals surface area contributed by atoms with Gasteiger partial charge in [0.2, 0.25) is 0 Å². The summed E-state index contributed by atoms with van der Waals surface area (Å²) in [6.07, 6.45) is 4.21. The number of ether oxygens (including phenoxy) is 1. The standard InChI is InChI=1S/C25H30F2N6O3/c1-15(2)36-25(35)32-10-5-6-17(9-11-32)33-13-19(27)21-22(28-14-29-23(21)33)30-20-8-7-16(12-18(20)26)24(34)31(3)4/h7-8,12-15,17H,5-6,9-11H2,1-4H3,(H,28,29,30). The fraction of sp³-hybridized carbons (Fsp3) is 0.440. The summed E-state index contributed by atoms with van der Waals surface area (Å²) in [7, 11) is 3.17. The first-order valence-electron chi connectivity index (χ1n) is 11.9. The smallest absolute Gasteiger partial charge is 0.410 e. The van der Waals surface area contributed by atoms with Crippen molar-refractivity contribution in [1.29, 1.82) is 0 Å². The minimum absolute atomic E-state index is 0.0613. The molecule has 1 atom stereocenters. The van der Waals surface area contributed by atoms with Crippen LogP contribution in [0.25, 0.3) is 11.0 Å². The maximum Gasteiger partial charge on any atom is 0.410 e. The van der Waals surface area contributed by atoms with Gasteiger partial charge < -0.3 is 24.4 Å². The van der Waals surface area contributed by atoms with Gasteiger partial charge in [-0.3, -0.25) is 4.79 Å². The van der Waals surface area contributed by atoms with E-state index in [1.54, 1.807) is 23.6 Å². The van der Waals surface area contributed by atoms with Crippen LogP contribution in [0.2, 0.25) is 0 Å². The molecule has 1 aromatic carbocycles. The summed E-state index contributed by atoms with van der Waals surface area (Å²) < 4.78 is 37.0. The maximum atomic E-state index is 15.2. The van der Waals surface area contributed by atoms with Crippen molar-refractivity contribution in [2.24, 2.45) is 0 Å². The van der Waals surface area contributed by atoms with Gasteiger partial charge in [0.1, 0.15) is 23.6 Å². The highest BCUT2D eigenvalue weighted by Crippen LogP contribution is 2.33. The SMILES string of the molecule is CC(C)OC(=O)N1CCCC(n2cc(F)c3c(Nc4ccc(C(=O)N(C)C)cc4F)ncnc32)CC1. The molecule has 9 nitrogen and oxygen atoms in total. The Balaban J connectivity index is 1.58. The third kappa shape index (κ3) is 5.24. The molecular formula is C25H30F2N6O3. The molecule has 0 saturated carbocycles. The molecule has 1 saturated heterocycles. The molecule has 1 unspecified atom stereocenters. The highest BCUT2D eigenvalue weighted by atomic mass is 19.1. The monoisotopic (exact) mass is 500 g/mol. The Kier molecular flexibility index (Phi) is 7.37. The van der Waals surface area contributed by atoms with E-state index in [2.05, 4.69) is 15.3 Å². The zero-order valence-corrected chi connectivity index (χ0v) is 20.8. The number of nitrogens with zero attached hydrogens (tertiary/aromatic N) is 5. The Morgan fingerprint density at radius 3 is 2.61 bits per heavy atom.